The topological polar surface area (TPSA) is 59.8 Å². The molecule has 1 aromatic heterocycles. The highest BCUT2D eigenvalue weighted by molar-refractivity contribution is 8.00. The lowest BCUT2D eigenvalue weighted by Gasteiger charge is -2.18. The number of hydrogen-bond acceptors (Lipinski definition) is 4. The third kappa shape index (κ3) is 5.25. The van der Waals surface area contributed by atoms with Gasteiger partial charge in [-0.2, -0.15) is 0 Å². The summed E-state index contributed by atoms with van der Waals surface area (Å²) in [4.78, 5) is 12.7. The van der Waals surface area contributed by atoms with Gasteiger partial charge in [0.1, 0.15) is 0 Å². The highest BCUT2D eigenvalue weighted by atomic mass is 35.5. The summed E-state index contributed by atoms with van der Waals surface area (Å²) in [6.45, 7) is 3.71. The first-order valence-corrected chi connectivity index (χ1v) is 10.8. The highest BCUT2D eigenvalue weighted by Crippen LogP contribution is 2.29. The van der Waals surface area contributed by atoms with Gasteiger partial charge in [0.25, 0.3) is 0 Å². The predicted octanol–water partition coefficient (Wildman–Crippen LogP) is 5.80. The number of nitrogens with one attached hydrogen (secondary N) is 1. The van der Waals surface area contributed by atoms with Gasteiger partial charge < -0.3 is 9.88 Å². The Morgan fingerprint density at radius 1 is 1.03 bits per heavy atom. The third-order valence-corrected chi connectivity index (χ3v) is 6.32. The maximum Gasteiger partial charge on any atom is 0.233 e. The van der Waals surface area contributed by atoms with Crippen molar-refractivity contribution in [3.63, 3.8) is 0 Å². The molecule has 0 spiro atoms. The van der Waals surface area contributed by atoms with Crippen LogP contribution >= 0.6 is 46.6 Å². The second-order valence-electron chi connectivity index (χ2n) is 6.53. The monoisotopic (exact) mass is 468 g/mol. The lowest BCUT2D eigenvalue weighted by Crippen LogP contribution is -2.33. The molecule has 9 heteroatoms. The number of hydrogen-bond donors (Lipinski definition) is 1. The number of carbonyl (C=O) groups is 1. The number of halogens is 3. The summed E-state index contributed by atoms with van der Waals surface area (Å²) in [5, 5.41) is 13.5. The second kappa shape index (κ2) is 9.39. The first kappa shape index (κ1) is 22.0. The van der Waals surface area contributed by atoms with E-state index < -0.39 is 0 Å². The van der Waals surface area contributed by atoms with Gasteiger partial charge in [-0.15, -0.1) is 10.2 Å². The molecule has 1 amide bonds. The Morgan fingerprint density at radius 3 is 2.34 bits per heavy atom. The molecule has 2 unspecified atom stereocenters. The molecule has 0 bridgehead atoms. The van der Waals surface area contributed by atoms with Crippen LogP contribution in [-0.2, 0) is 11.8 Å². The zero-order chi connectivity index (χ0) is 21.1. The molecule has 0 saturated heterocycles. The zero-order valence-electron chi connectivity index (χ0n) is 16.0. The van der Waals surface area contributed by atoms with Crippen molar-refractivity contribution < 1.29 is 4.79 Å². The van der Waals surface area contributed by atoms with E-state index in [0.717, 1.165) is 11.1 Å². The van der Waals surface area contributed by atoms with Gasteiger partial charge in [-0.3, -0.25) is 4.79 Å². The van der Waals surface area contributed by atoms with Gasteiger partial charge in [0, 0.05) is 27.7 Å². The quantitative estimate of drug-likeness (QED) is 0.463. The van der Waals surface area contributed by atoms with Crippen LogP contribution in [-0.4, -0.2) is 25.9 Å². The Morgan fingerprint density at radius 2 is 1.69 bits per heavy atom. The number of aromatic nitrogens is 3. The molecule has 2 atom stereocenters. The van der Waals surface area contributed by atoms with Gasteiger partial charge in [0.2, 0.25) is 5.91 Å². The highest BCUT2D eigenvalue weighted by Gasteiger charge is 2.22. The molecule has 3 aromatic rings. The second-order valence-corrected chi connectivity index (χ2v) is 9.12. The molecule has 29 heavy (non-hydrogen) atoms. The Hall–Kier alpha value is -1.73. The van der Waals surface area contributed by atoms with Crippen LogP contribution in [0.15, 0.2) is 47.6 Å². The molecule has 3 rings (SSSR count). The van der Waals surface area contributed by atoms with Crippen LogP contribution in [0.3, 0.4) is 0 Å². The molecule has 1 N–H and O–H groups in total. The number of benzene rings is 2. The Kier molecular flexibility index (Phi) is 7.11. The zero-order valence-corrected chi connectivity index (χ0v) is 19.1. The van der Waals surface area contributed by atoms with Crippen molar-refractivity contribution in [3.8, 4) is 11.4 Å². The largest absolute Gasteiger partial charge is 0.349 e. The van der Waals surface area contributed by atoms with Crippen LogP contribution in [0.2, 0.25) is 15.1 Å². The van der Waals surface area contributed by atoms with Crippen molar-refractivity contribution in [2.75, 3.05) is 0 Å². The Labute approximate surface area is 188 Å². The summed E-state index contributed by atoms with van der Waals surface area (Å²) in [7, 11) is 1.87. The summed E-state index contributed by atoms with van der Waals surface area (Å²) in [6, 6.07) is 12.4. The standard InChI is InChI=1S/C20H19Cl3N4OS/c1-11(16-9-8-15(22)10-17(16)23)24-19(28)12(2)29-20-26-25-18(27(20)3)13-4-6-14(21)7-5-13/h4-12H,1-3H3,(H,24,28). The SMILES string of the molecule is CC(Sc1nnc(-c2ccc(Cl)cc2)n1C)C(=O)NC(C)c1ccc(Cl)cc1Cl. The maximum atomic E-state index is 12.7. The molecule has 0 radical (unpaired) electrons. The van der Waals surface area contributed by atoms with E-state index in [9.17, 15) is 4.79 Å². The van der Waals surface area contributed by atoms with Gasteiger partial charge >= 0.3 is 0 Å². The fraction of sp³-hybridized carbons (Fsp3) is 0.250. The average molecular weight is 470 g/mol. The van der Waals surface area contributed by atoms with E-state index in [2.05, 4.69) is 15.5 Å². The van der Waals surface area contributed by atoms with Gasteiger partial charge in [-0.1, -0.05) is 52.6 Å². The lowest BCUT2D eigenvalue weighted by molar-refractivity contribution is -0.120. The van der Waals surface area contributed by atoms with Crippen LogP contribution in [0.1, 0.15) is 25.5 Å². The molecule has 152 valence electrons. The predicted molar refractivity (Wildman–Crippen MR) is 120 cm³/mol. The van der Waals surface area contributed by atoms with Crippen LogP contribution < -0.4 is 5.32 Å². The van der Waals surface area contributed by atoms with Crippen LogP contribution in [0, 0.1) is 0 Å². The number of amides is 1. The number of nitrogens with zero attached hydrogens (tertiary/aromatic N) is 3. The van der Waals surface area contributed by atoms with Crippen molar-refractivity contribution in [2.45, 2.75) is 30.3 Å². The molecule has 1 heterocycles. The maximum absolute atomic E-state index is 12.7. The first-order chi connectivity index (χ1) is 13.8. The summed E-state index contributed by atoms with van der Waals surface area (Å²) < 4.78 is 1.86. The van der Waals surface area contributed by atoms with Gasteiger partial charge in [-0.25, -0.2) is 0 Å². The smallest absolute Gasteiger partial charge is 0.233 e. The molecule has 0 aliphatic rings. The molecular formula is C20H19Cl3N4OS. The van der Waals surface area contributed by atoms with Crippen LogP contribution in [0.25, 0.3) is 11.4 Å². The molecule has 0 fully saturated rings. The number of carbonyl (C=O) groups excluding carboxylic acids is 1. The Balaban J connectivity index is 1.67. The molecule has 2 aromatic carbocycles. The van der Waals surface area contributed by atoms with Crippen molar-refractivity contribution >= 4 is 52.5 Å². The minimum absolute atomic E-state index is 0.121. The third-order valence-electron chi connectivity index (χ3n) is 4.38. The van der Waals surface area contributed by atoms with E-state index in [4.69, 9.17) is 34.8 Å². The summed E-state index contributed by atoms with van der Waals surface area (Å²) in [6.07, 6.45) is 0. The lowest BCUT2D eigenvalue weighted by atomic mass is 10.1. The van der Waals surface area contributed by atoms with E-state index in [1.165, 1.54) is 11.8 Å². The molecular weight excluding hydrogens is 451 g/mol. The van der Waals surface area contributed by atoms with E-state index in [1.54, 1.807) is 24.3 Å². The van der Waals surface area contributed by atoms with Crippen LogP contribution in [0.4, 0.5) is 0 Å². The molecule has 5 nitrogen and oxygen atoms in total. The summed E-state index contributed by atoms with van der Waals surface area (Å²) in [5.74, 6) is 0.586. The van der Waals surface area contributed by atoms with Gasteiger partial charge in [0.15, 0.2) is 11.0 Å². The number of thioether (sulfide) groups is 1. The minimum Gasteiger partial charge on any atom is -0.349 e. The van der Waals surface area contributed by atoms with E-state index in [0.29, 0.717) is 26.0 Å². The van der Waals surface area contributed by atoms with Gasteiger partial charge in [-0.05, 0) is 55.8 Å². The van der Waals surface area contributed by atoms with Crippen LogP contribution in [0.5, 0.6) is 0 Å². The number of rotatable bonds is 6. The summed E-state index contributed by atoms with van der Waals surface area (Å²) >= 11 is 19.5. The fourth-order valence-electron chi connectivity index (χ4n) is 2.74. The van der Waals surface area contributed by atoms with Crippen molar-refractivity contribution in [3.05, 3.63) is 63.1 Å². The van der Waals surface area contributed by atoms with E-state index in [-0.39, 0.29) is 17.2 Å². The Bertz CT molecular complexity index is 1020. The average Bonchev–Trinajstić information content (AvgIpc) is 3.02. The first-order valence-electron chi connectivity index (χ1n) is 8.83. The molecule has 0 saturated carbocycles. The molecule has 0 aliphatic carbocycles. The molecule has 0 aliphatic heterocycles. The van der Waals surface area contributed by atoms with Crippen molar-refractivity contribution in [1.82, 2.24) is 20.1 Å². The normalized spacial score (nSPS) is 13.2. The minimum atomic E-state index is -0.371. The fourth-order valence-corrected chi connectivity index (χ4v) is 4.26. The van der Waals surface area contributed by atoms with E-state index in [1.807, 2.05) is 43.7 Å². The van der Waals surface area contributed by atoms with Gasteiger partial charge in [0.05, 0.1) is 11.3 Å². The van der Waals surface area contributed by atoms with E-state index >= 15 is 0 Å². The van der Waals surface area contributed by atoms with Crippen molar-refractivity contribution in [2.24, 2.45) is 7.05 Å². The van der Waals surface area contributed by atoms with Crippen molar-refractivity contribution in [1.29, 1.82) is 0 Å². The summed E-state index contributed by atoms with van der Waals surface area (Å²) in [5.41, 5.74) is 1.71.